The van der Waals surface area contributed by atoms with Crippen LogP contribution in [0.5, 0.6) is 0 Å². The van der Waals surface area contributed by atoms with Gasteiger partial charge < -0.3 is 4.42 Å². The smallest absolute Gasteiger partial charge is 0.143 e. The summed E-state index contributed by atoms with van der Waals surface area (Å²) in [6.45, 7) is 0. The van der Waals surface area contributed by atoms with Gasteiger partial charge in [0, 0.05) is 16.2 Å². The molecule has 0 radical (unpaired) electrons. The molecule has 47 heavy (non-hydrogen) atoms. The van der Waals surface area contributed by atoms with Crippen molar-refractivity contribution in [3.05, 3.63) is 170 Å². The van der Waals surface area contributed by atoms with Crippen molar-refractivity contribution < 1.29 is 15.4 Å². The van der Waals surface area contributed by atoms with E-state index in [-0.39, 0.29) is 45.7 Å². The van der Waals surface area contributed by atoms with Gasteiger partial charge in [0.1, 0.15) is 11.2 Å². The zero-order valence-corrected chi connectivity index (χ0v) is 25.0. The summed E-state index contributed by atoms with van der Waals surface area (Å²) < 4.78 is 79.5. The largest absolute Gasteiger partial charge is 0.455 e. The molecule has 1 aromatic heterocycles. The number of hydrogen-bond acceptors (Lipinski definition) is 1. The van der Waals surface area contributed by atoms with E-state index in [0.717, 1.165) is 38.1 Å². The molecule has 0 atom stereocenters. The normalized spacial score (nSPS) is 14.2. The van der Waals surface area contributed by atoms with Crippen LogP contribution in [0.2, 0.25) is 0 Å². The molecule has 0 saturated carbocycles. The molecule has 0 aliphatic carbocycles. The predicted molar refractivity (Wildman–Crippen MR) is 200 cm³/mol. The van der Waals surface area contributed by atoms with Crippen LogP contribution < -0.4 is 0 Å². The van der Waals surface area contributed by atoms with Crippen LogP contribution in [0.15, 0.2) is 174 Å². The first-order valence-corrected chi connectivity index (χ1v) is 15.5. The van der Waals surface area contributed by atoms with Gasteiger partial charge in [0.15, 0.2) is 0 Å². The van der Waals surface area contributed by atoms with Crippen molar-refractivity contribution in [1.29, 1.82) is 0 Å². The molecule has 9 aromatic carbocycles. The molecule has 1 heterocycles. The third kappa shape index (κ3) is 3.97. The Kier molecular flexibility index (Phi) is 4.19. The summed E-state index contributed by atoms with van der Waals surface area (Å²) in [5, 5.41) is 6.25. The standard InChI is InChI=1S/C46H28O/c1-2-12-33-28-34(25-22-29(33)10-1)30-20-23-32(24-21-30)43-36-14-5-7-16-38(36)44(39-17-8-6-15-37(39)43)40-18-9-19-42-45(40)41-27-26-31-11-3-4-13-35(31)46(41)47-42/h1-28H/i5D,6D,7D,8D,14D,15D,16D,17D. The van der Waals surface area contributed by atoms with Gasteiger partial charge in [-0.1, -0.05) is 151 Å². The quantitative estimate of drug-likeness (QED) is 0.183. The fourth-order valence-electron chi connectivity index (χ4n) is 7.14. The van der Waals surface area contributed by atoms with Gasteiger partial charge in [-0.25, -0.2) is 0 Å². The number of fused-ring (bicyclic) bond motifs is 8. The van der Waals surface area contributed by atoms with Crippen molar-refractivity contribution in [2.45, 2.75) is 0 Å². The zero-order valence-electron chi connectivity index (χ0n) is 33.0. The lowest BCUT2D eigenvalue weighted by molar-refractivity contribution is 0.673. The van der Waals surface area contributed by atoms with Crippen molar-refractivity contribution in [1.82, 2.24) is 0 Å². The average molecular weight is 605 g/mol. The molecule has 10 rings (SSSR count). The van der Waals surface area contributed by atoms with Crippen LogP contribution in [0.3, 0.4) is 0 Å². The molecule has 0 aliphatic rings. The van der Waals surface area contributed by atoms with Gasteiger partial charge in [0.05, 0.1) is 11.0 Å². The molecular formula is C46H28O. The summed E-state index contributed by atoms with van der Waals surface area (Å²) in [7, 11) is 0. The Bertz CT molecular complexity index is 3210. The first-order chi connectivity index (χ1) is 26.6. The summed E-state index contributed by atoms with van der Waals surface area (Å²) in [6.07, 6.45) is 0. The van der Waals surface area contributed by atoms with Crippen LogP contribution in [0.1, 0.15) is 11.0 Å². The molecule has 1 heteroatoms. The SMILES string of the molecule is [2H]c1c([2H])c([2H])c2c(-c3cccc4oc5c6ccccc6ccc5c34)c3c([2H])c([2H])c([2H])c([2H])c3c(-c3ccc(-c4ccc5ccccc5c4)cc3)c2c1[2H]. The van der Waals surface area contributed by atoms with E-state index >= 15 is 0 Å². The summed E-state index contributed by atoms with van der Waals surface area (Å²) in [5.41, 5.74) is 4.81. The van der Waals surface area contributed by atoms with Gasteiger partial charge in [-0.15, -0.1) is 0 Å². The summed E-state index contributed by atoms with van der Waals surface area (Å²) >= 11 is 0. The highest BCUT2D eigenvalue weighted by atomic mass is 16.3. The van der Waals surface area contributed by atoms with E-state index in [0.29, 0.717) is 38.8 Å². The maximum Gasteiger partial charge on any atom is 0.143 e. The highest BCUT2D eigenvalue weighted by Crippen LogP contribution is 2.47. The molecule has 0 spiro atoms. The topological polar surface area (TPSA) is 13.1 Å². The van der Waals surface area contributed by atoms with Gasteiger partial charge in [0.2, 0.25) is 0 Å². The van der Waals surface area contributed by atoms with E-state index in [2.05, 4.69) is 24.3 Å². The summed E-state index contributed by atoms with van der Waals surface area (Å²) in [4.78, 5) is 0. The molecule has 0 saturated heterocycles. The van der Waals surface area contributed by atoms with E-state index < -0.39 is 24.2 Å². The molecule has 218 valence electrons. The fourth-order valence-corrected chi connectivity index (χ4v) is 7.14. The minimum atomic E-state index is -0.438. The average Bonchev–Trinajstić information content (AvgIpc) is 3.62. The lowest BCUT2D eigenvalue weighted by Gasteiger charge is -2.18. The molecule has 0 amide bonds. The van der Waals surface area contributed by atoms with Gasteiger partial charge in [-0.2, -0.15) is 0 Å². The zero-order chi connectivity index (χ0) is 37.9. The van der Waals surface area contributed by atoms with E-state index in [1.165, 1.54) is 0 Å². The van der Waals surface area contributed by atoms with Crippen molar-refractivity contribution >= 4 is 65.0 Å². The lowest BCUT2D eigenvalue weighted by atomic mass is 9.84. The van der Waals surface area contributed by atoms with Crippen molar-refractivity contribution in [3.8, 4) is 33.4 Å². The van der Waals surface area contributed by atoms with Gasteiger partial charge in [-0.05, 0) is 89.3 Å². The Morgan fingerprint density at radius 3 is 1.74 bits per heavy atom. The molecular weight excluding hydrogens is 569 g/mol. The first kappa shape index (κ1) is 19.4. The summed E-state index contributed by atoms with van der Waals surface area (Å²) in [6, 6.07) is 36.3. The second-order valence-electron chi connectivity index (χ2n) is 11.8. The number of furan rings is 1. The number of rotatable bonds is 3. The van der Waals surface area contributed by atoms with Crippen LogP contribution in [0.4, 0.5) is 0 Å². The Hall–Kier alpha value is -6.18. The van der Waals surface area contributed by atoms with Gasteiger partial charge in [-0.3, -0.25) is 0 Å². The van der Waals surface area contributed by atoms with E-state index in [1.54, 1.807) is 6.07 Å². The minimum Gasteiger partial charge on any atom is -0.455 e. The maximum atomic E-state index is 9.42. The van der Waals surface area contributed by atoms with Crippen molar-refractivity contribution in [3.63, 3.8) is 0 Å². The monoisotopic (exact) mass is 604 g/mol. The third-order valence-corrected chi connectivity index (χ3v) is 9.29. The number of benzene rings is 9. The van der Waals surface area contributed by atoms with E-state index in [9.17, 15) is 5.48 Å². The molecule has 10 aromatic rings. The lowest BCUT2D eigenvalue weighted by Crippen LogP contribution is -1.91. The van der Waals surface area contributed by atoms with E-state index in [1.807, 2.05) is 91.0 Å². The van der Waals surface area contributed by atoms with Crippen LogP contribution in [0, 0.1) is 0 Å². The van der Waals surface area contributed by atoms with Crippen molar-refractivity contribution in [2.75, 3.05) is 0 Å². The first-order valence-electron chi connectivity index (χ1n) is 19.5. The second kappa shape index (κ2) is 10.2. The molecule has 0 aliphatic heterocycles. The molecule has 1 nitrogen and oxygen atoms in total. The summed E-state index contributed by atoms with van der Waals surface area (Å²) in [5.74, 6) is 0. The van der Waals surface area contributed by atoms with E-state index in [4.69, 9.17) is 9.90 Å². The minimum absolute atomic E-state index is 0.166. The Balaban J connectivity index is 1.36. The Morgan fingerprint density at radius 2 is 1.00 bits per heavy atom. The van der Waals surface area contributed by atoms with Crippen LogP contribution >= 0.6 is 0 Å². The van der Waals surface area contributed by atoms with Crippen LogP contribution in [-0.2, 0) is 0 Å². The van der Waals surface area contributed by atoms with Crippen LogP contribution in [-0.4, -0.2) is 0 Å². The molecule has 0 unspecified atom stereocenters. The number of hydrogen-bond donors (Lipinski definition) is 0. The van der Waals surface area contributed by atoms with Crippen molar-refractivity contribution in [2.24, 2.45) is 0 Å². The molecule has 0 bridgehead atoms. The third-order valence-electron chi connectivity index (χ3n) is 9.29. The fraction of sp³-hybridized carbons (Fsp3) is 0. The molecule has 0 fully saturated rings. The highest BCUT2D eigenvalue weighted by molar-refractivity contribution is 6.27. The Morgan fingerprint density at radius 1 is 0.404 bits per heavy atom. The van der Waals surface area contributed by atoms with Gasteiger partial charge in [0.25, 0.3) is 0 Å². The second-order valence-corrected chi connectivity index (χ2v) is 11.8. The molecule has 0 N–H and O–H groups in total. The predicted octanol–water partition coefficient (Wildman–Crippen LogP) is 13.2. The van der Waals surface area contributed by atoms with Crippen LogP contribution in [0.25, 0.3) is 98.4 Å². The van der Waals surface area contributed by atoms with Gasteiger partial charge >= 0.3 is 0 Å². The Labute approximate surface area is 283 Å². The highest BCUT2D eigenvalue weighted by Gasteiger charge is 2.20. The maximum absolute atomic E-state index is 9.42.